The lowest BCUT2D eigenvalue weighted by Gasteiger charge is -2.18. The summed E-state index contributed by atoms with van der Waals surface area (Å²) < 4.78 is 16.8. The summed E-state index contributed by atoms with van der Waals surface area (Å²) in [6.07, 6.45) is 63.8. The molecular formula is C58H104O6. The van der Waals surface area contributed by atoms with Crippen molar-refractivity contribution in [2.75, 3.05) is 13.2 Å². The van der Waals surface area contributed by atoms with Gasteiger partial charge in [0.05, 0.1) is 0 Å². The maximum absolute atomic E-state index is 12.8. The number of rotatable bonds is 50. The van der Waals surface area contributed by atoms with E-state index < -0.39 is 6.10 Å². The average Bonchev–Trinajstić information content (AvgIpc) is 3.29. The molecule has 0 saturated heterocycles. The summed E-state index contributed by atoms with van der Waals surface area (Å²) in [5, 5.41) is 0. The molecule has 6 heteroatoms. The first-order valence-electron chi connectivity index (χ1n) is 27.7. The van der Waals surface area contributed by atoms with Gasteiger partial charge >= 0.3 is 17.9 Å². The lowest BCUT2D eigenvalue weighted by molar-refractivity contribution is -0.167. The van der Waals surface area contributed by atoms with Crippen LogP contribution < -0.4 is 0 Å². The Morgan fingerprint density at radius 3 is 0.984 bits per heavy atom. The van der Waals surface area contributed by atoms with Gasteiger partial charge in [0.25, 0.3) is 0 Å². The van der Waals surface area contributed by atoms with E-state index in [9.17, 15) is 14.4 Å². The van der Waals surface area contributed by atoms with E-state index in [0.29, 0.717) is 19.3 Å². The quantitative estimate of drug-likeness (QED) is 0.0199. The molecule has 0 N–H and O–H groups in total. The van der Waals surface area contributed by atoms with Crippen LogP contribution in [0.25, 0.3) is 0 Å². The highest BCUT2D eigenvalue weighted by atomic mass is 16.6. The Morgan fingerprint density at radius 1 is 0.328 bits per heavy atom. The van der Waals surface area contributed by atoms with Gasteiger partial charge in [0, 0.05) is 19.3 Å². The minimum Gasteiger partial charge on any atom is -0.462 e. The number of unbranched alkanes of at least 4 members (excludes halogenated alkanes) is 33. The van der Waals surface area contributed by atoms with Gasteiger partial charge in [0.2, 0.25) is 0 Å². The zero-order valence-electron chi connectivity index (χ0n) is 42.6. The van der Waals surface area contributed by atoms with E-state index in [1.165, 1.54) is 161 Å². The van der Waals surface area contributed by atoms with Crippen molar-refractivity contribution in [2.45, 2.75) is 290 Å². The Kier molecular flexibility index (Phi) is 50.8. The van der Waals surface area contributed by atoms with Gasteiger partial charge in [-0.15, -0.1) is 0 Å². The van der Waals surface area contributed by atoms with Crippen LogP contribution in [0.1, 0.15) is 284 Å². The topological polar surface area (TPSA) is 78.9 Å². The van der Waals surface area contributed by atoms with E-state index in [-0.39, 0.29) is 31.1 Å². The van der Waals surface area contributed by atoms with Crippen molar-refractivity contribution >= 4 is 17.9 Å². The number of hydrogen-bond acceptors (Lipinski definition) is 6. The van der Waals surface area contributed by atoms with Crippen LogP contribution in [0.2, 0.25) is 0 Å². The molecule has 0 aliphatic heterocycles. The number of carbonyl (C=O) groups excluding carboxylic acids is 3. The average molecular weight is 897 g/mol. The van der Waals surface area contributed by atoms with Gasteiger partial charge in [0.15, 0.2) is 6.10 Å². The van der Waals surface area contributed by atoms with E-state index in [0.717, 1.165) is 83.5 Å². The molecule has 0 fully saturated rings. The zero-order valence-corrected chi connectivity index (χ0v) is 42.6. The summed E-state index contributed by atoms with van der Waals surface area (Å²) >= 11 is 0. The Labute approximate surface area is 397 Å². The van der Waals surface area contributed by atoms with Crippen molar-refractivity contribution in [3.63, 3.8) is 0 Å². The second-order valence-electron chi connectivity index (χ2n) is 18.5. The minimum absolute atomic E-state index is 0.0795. The fourth-order valence-corrected chi connectivity index (χ4v) is 7.97. The van der Waals surface area contributed by atoms with Crippen molar-refractivity contribution in [3.05, 3.63) is 48.6 Å². The molecule has 64 heavy (non-hydrogen) atoms. The second-order valence-corrected chi connectivity index (χ2v) is 18.5. The van der Waals surface area contributed by atoms with Crippen LogP contribution in [0.15, 0.2) is 48.6 Å². The molecule has 372 valence electrons. The monoisotopic (exact) mass is 897 g/mol. The Bertz CT molecular complexity index is 1120. The van der Waals surface area contributed by atoms with Crippen molar-refractivity contribution in [1.82, 2.24) is 0 Å². The summed E-state index contributed by atoms with van der Waals surface area (Å²) in [7, 11) is 0. The maximum Gasteiger partial charge on any atom is 0.306 e. The predicted molar refractivity (Wildman–Crippen MR) is 275 cm³/mol. The number of allylic oxidation sites excluding steroid dienone is 8. The molecule has 1 atom stereocenters. The van der Waals surface area contributed by atoms with Crippen LogP contribution >= 0.6 is 0 Å². The van der Waals surface area contributed by atoms with Crippen LogP contribution in [0, 0.1) is 0 Å². The molecule has 0 rings (SSSR count). The van der Waals surface area contributed by atoms with Crippen LogP contribution in [-0.4, -0.2) is 37.2 Å². The Hall–Kier alpha value is -2.63. The van der Waals surface area contributed by atoms with Crippen LogP contribution in [0.5, 0.6) is 0 Å². The zero-order chi connectivity index (χ0) is 46.5. The molecule has 0 aliphatic carbocycles. The summed E-state index contributed by atoms with van der Waals surface area (Å²) in [6.45, 7) is 6.51. The van der Waals surface area contributed by atoms with Gasteiger partial charge in [-0.2, -0.15) is 0 Å². The van der Waals surface area contributed by atoms with E-state index >= 15 is 0 Å². The van der Waals surface area contributed by atoms with Crippen molar-refractivity contribution < 1.29 is 28.6 Å². The number of carbonyl (C=O) groups is 3. The van der Waals surface area contributed by atoms with Crippen LogP contribution in [0.4, 0.5) is 0 Å². The normalized spacial score (nSPS) is 12.4. The fourth-order valence-electron chi connectivity index (χ4n) is 7.97. The van der Waals surface area contributed by atoms with E-state index in [1.54, 1.807) is 0 Å². The van der Waals surface area contributed by atoms with Crippen LogP contribution in [-0.2, 0) is 28.6 Å². The molecule has 0 aromatic carbocycles. The summed E-state index contributed by atoms with van der Waals surface area (Å²) in [5.41, 5.74) is 0. The van der Waals surface area contributed by atoms with E-state index in [1.807, 2.05) is 0 Å². The third-order valence-corrected chi connectivity index (χ3v) is 12.1. The van der Waals surface area contributed by atoms with Gasteiger partial charge in [-0.05, 0) is 64.2 Å². The standard InChI is InChI=1S/C58H104O6/c1-4-7-10-13-16-19-22-25-27-28-29-30-31-34-36-39-42-45-48-51-57(60)63-54-55(53-62-56(59)50-47-44-41-38-35-32-24-21-18-15-12-9-6-3)64-58(61)52-49-46-43-40-37-33-26-23-20-17-14-11-8-5-2/h9,12,15,18,21,24,28-29,55H,4-8,10-11,13-14,16-17,19-20,22-23,25-27,30-54H2,1-3H3/b12-9-,18-15-,24-21-,29-28-. The molecule has 0 amide bonds. The molecule has 0 bridgehead atoms. The number of hydrogen-bond donors (Lipinski definition) is 0. The Morgan fingerprint density at radius 2 is 0.625 bits per heavy atom. The lowest BCUT2D eigenvalue weighted by Crippen LogP contribution is -2.30. The summed E-state index contributed by atoms with van der Waals surface area (Å²) in [5.74, 6) is -0.893. The SMILES string of the molecule is CC\C=C/C=C\C=C/CCCCCCCC(=O)OCC(COC(=O)CCCCCCCCC/C=C\CCCCCCCCCC)OC(=O)CCCCCCCCCCCCCCCC. The minimum atomic E-state index is -0.780. The first-order valence-corrected chi connectivity index (χ1v) is 27.7. The highest BCUT2D eigenvalue weighted by Crippen LogP contribution is 2.16. The summed E-state index contributed by atoms with van der Waals surface area (Å²) in [4.78, 5) is 38.0. The van der Waals surface area contributed by atoms with E-state index in [4.69, 9.17) is 14.2 Å². The highest BCUT2D eigenvalue weighted by molar-refractivity contribution is 5.71. The van der Waals surface area contributed by atoms with Gasteiger partial charge in [-0.25, -0.2) is 0 Å². The third kappa shape index (κ3) is 50.4. The largest absolute Gasteiger partial charge is 0.462 e. The van der Waals surface area contributed by atoms with Crippen molar-refractivity contribution in [1.29, 1.82) is 0 Å². The lowest BCUT2D eigenvalue weighted by atomic mass is 10.0. The van der Waals surface area contributed by atoms with Gasteiger partial charge < -0.3 is 14.2 Å². The second kappa shape index (κ2) is 53.0. The smallest absolute Gasteiger partial charge is 0.306 e. The molecule has 0 aliphatic rings. The molecule has 0 radical (unpaired) electrons. The molecule has 0 aromatic heterocycles. The molecule has 0 heterocycles. The molecule has 0 aromatic rings. The molecule has 0 spiro atoms. The number of esters is 3. The van der Waals surface area contributed by atoms with Gasteiger partial charge in [-0.1, -0.05) is 249 Å². The first kappa shape index (κ1) is 61.4. The summed E-state index contributed by atoms with van der Waals surface area (Å²) in [6, 6.07) is 0. The predicted octanol–water partition coefficient (Wildman–Crippen LogP) is 18.3. The van der Waals surface area contributed by atoms with Gasteiger partial charge in [-0.3, -0.25) is 14.4 Å². The van der Waals surface area contributed by atoms with Crippen molar-refractivity contribution in [3.8, 4) is 0 Å². The van der Waals surface area contributed by atoms with Crippen LogP contribution in [0.3, 0.4) is 0 Å². The van der Waals surface area contributed by atoms with Crippen molar-refractivity contribution in [2.24, 2.45) is 0 Å². The number of ether oxygens (including phenoxy) is 3. The molecule has 1 unspecified atom stereocenters. The highest BCUT2D eigenvalue weighted by Gasteiger charge is 2.19. The fraction of sp³-hybridized carbons (Fsp3) is 0.810. The van der Waals surface area contributed by atoms with Gasteiger partial charge in [0.1, 0.15) is 13.2 Å². The molecule has 0 saturated carbocycles. The van der Waals surface area contributed by atoms with E-state index in [2.05, 4.69) is 69.4 Å². The molecule has 6 nitrogen and oxygen atoms in total. The third-order valence-electron chi connectivity index (χ3n) is 12.1. The Balaban J connectivity index is 4.34. The first-order chi connectivity index (χ1) is 31.5. The molecular weight excluding hydrogens is 793 g/mol. The maximum atomic E-state index is 12.8.